The third-order valence-corrected chi connectivity index (χ3v) is 4.97. The molecule has 0 bridgehead atoms. The van der Waals surface area contributed by atoms with Gasteiger partial charge in [0.15, 0.2) is 11.6 Å². The van der Waals surface area contributed by atoms with Crippen LogP contribution in [0, 0.1) is 12.7 Å². The molecule has 4 rings (SSSR count). The zero-order valence-corrected chi connectivity index (χ0v) is 17.3. The van der Waals surface area contributed by atoms with Gasteiger partial charge in [0.1, 0.15) is 5.82 Å². The summed E-state index contributed by atoms with van der Waals surface area (Å²) in [6.07, 6.45) is 3.81. The van der Waals surface area contributed by atoms with Gasteiger partial charge in [0, 0.05) is 12.6 Å². The molecule has 0 fully saturated rings. The second kappa shape index (κ2) is 8.47. The van der Waals surface area contributed by atoms with Crippen molar-refractivity contribution in [3.05, 3.63) is 77.3 Å². The van der Waals surface area contributed by atoms with Gasteiger partial charge < -0.3 is 9.84 Å². The van der Waals surface area contributed by atoms with E-state index in [-0.39, 0.29) is 17.8 Å². The molecule has 31 heavy (non-hydrogen) atoms. The first kappa shape index (κ1) is 20.4. The Labute approximate surface area is 178 Å². The van der Waals surface area contributed by atoms with Crippen molar-refractivity contribution in [2.45, 2.75) is 33.2 Å². The summed E-state index contributed by atoms with van der Waals surface area (Å²) < 4.78 is 19.9. The van der Waals surface area contributed by atoms with Crippen LogP contribution in [0.1, 0.15) is 47.3 Å². The molecule has 0 aliphatic rings. The SMILES string of the molecule is CCc1noc(-c2ccc(-n3ncc(C(=O)N[C@H](C)c4ccc(F)cc4)c3C)nc2)n1. The second-order valence-electron chi connectivity index (χ2n) is 7.08. The standard InChI is InChI=1S/C22H21FN6O2/c1-4-19-27-22(31-28-19)16-7-10-20(24-11-16)29-14(3)18(12-25-29)21(30)26-13(2)15-5-8-17(23)9-6-15/h5-13H,4H2,1-3H3,(H,26,30)/t13-/m1/s1. The summed E-state index contributed by atoms with van der Waals surface area (Å²) in [4.78, 5) is 21.4. The third-order valence-electron chi connectivity index (χ3n) is 4.97. The summed E-state index contributed by atoms with van der Waals surface area (Å²) in [6, 6.07) is 9.34. The molecule has 9 heteroatoms. The van der Waals surface area contributed by atoms with Crippen molar-refractivity contribution < 1.29 is 13.7 Å². The van der Waals surface area contributed by atoms with Gasteiger partial charge in [-0.2, -0.15) is 10.1 Å². The van der Waals surface area contributed by atoms with Gasteiger partial charge in [-0.3, -0.25) is 4.79 Å². The Bertz CT molecular complexity index is 1200. The van der Waals surface area contributed by atoms with Crippen molar-refractivity contribution in [1.82, 2.24) is 30.2 Å². The molecule has 0 saturated carbocycles. The molecule has 4 aromatic rings. The number of aryl methyl sites for hydroxylation is 1. The summed E-state index contributed by atoms with van der Waals surface area (Å²) in [5, 5.41) is 11.1. The van der Waals surface area contributed by atoms with Crippen molar-refractivity contribution in [3.63, 3.8) is 0 Å². The summed E-state index contributed by atoms with van der Waals surface area (Å²) >= 11 is 0. The van der Waals surface area contributed by atoms with Gasteiger partial charge in [-0.1, -0.05) is 24.2 Å². The molecular formula is C22H21FN6O2. The normalized spacial score (nSPS) is 12.0. The molecule has 0 spiro atoms. The predicted molar refractivity (Wildman–Crippen MR) is 111 cm³/mol. The van der Waals surface area contributed by atoms with Crippen LogP contribution in [0.3, 0.4) is 0 Å². The van der Waals surface area contributed by atoms with E-state index in [1.54, 1.807) is 36.0 Å². The highest BCUT2D eigenvalue weighted by Gasteiger charge is 2.18. The van der Waals surface area contributed by atoms with Gasteiger partial charge >= 0.3 is 0 Å². The van der Waals surface area contributed by atoms with E-state index in [1.807, 2.05) is 19.9 Å². The van der Waals surface area contributed by atoms with Crippen LogP contribution < -0.4 is 5.32 Å². The van der Waals surface area contributed by atoms with Gasteiger partial charge in [0.25, 0.3) is 11.8 Å². The molecule has 1 amide bonds. The molecule has 8 nitrogen and oxygen atoms in total. The number of nitrogens with zero attached hydrogens (tertiary/aromatic N) is 5. The van der Waals surface area contributed by atoms with Gasteiger partial charge in [-0.05, 0) is 43.7 Å². The number of benzene rings is 1. The van der Waals surface area contributed by atoms with Crippen molar-refractivity contribution in [2.24, 2.45) is 0 Å². The van der Waals surface area contributed by atoms with Crippen LogP contribution in [-0.2, 0) is 6.42 Å². The number of carbonyl (C=O) groups excluding carboxylic acids is 1. The Morgan fingerprint density at radius 3 is 2.61 bits per heavy atom. The lowest BCUT2D eigenvalue weighted by Crippen LogP contribution is -2.27. The van der Waals surface area contributed by atoms with Crippen molar-refractivity contribution >= 4 is 5.91 Å². The maximum Gasteiger partial charge on any atom is 0.259 e. The number of nitrogens with one attached hydrogen (secondary N) is 1. The molecule has 3 aromatic heterocycles. The number of hydrogen-bond donors (Lipinski definition) is 1. The first-order chi connectivity index (χ1) is 15.0. The van der Waals surface area contributed by atoms with Crippen LogP contribution in [0.25, 0.3) is 17.3 Å². The minimum absolute atomic E-state index is 0.268. The van der Waals surface area contributed by atoms with Crippen molar-refractivity contribution in [1.29, 1.82) is 0 Å². The van der Waals surface area contributed by atoms with E-state index in [9.17, 15) is 9.18 Å². The number of amides is 1. The van der Waals surface area contributed by atoms with Crippen LogP contribution in [0.5, 0.6) is 0 Å². The van der Waals surface area contributed by atoms with Crippen LogP contribution in [0.2, 0.25) is 0 Å². The average molecular weight is 420 g/mol. The van der Waals surface area contributed by atoms with E-state index in [0.29, 0.717) is 40.8 Å². The predicted octanol–water partition coefficient (Wildman–Crippen LogP) is 3.82. The van der Waals surface area contributed by atoms with E-state index in [4.69, 9.17) is 4.52 Å². The van der Waals surface area contributed by atoms with E-state index in [1.165, 1.54) is 18.3 Å². The highest BCUT2D eigenvalue weighted by atomic mass is 19.1. The molecule has 1 aromatic carbocycles. The number of pyridine rings is 1. The molecule has 0 aliphatic carbocycles. The molecule has 0 radical (unpaired) electrons. The minimum atomic E-state index is -0.317. The summed E-state index contributed by atoms with van der Waals surface area (Å²) in [5.74, 6) is 1.01. The fraction of sp³-hybridized carbons (Fsp3) is 0.227. The van der Waals surface area contributed by atoms with E-state index in [2.05, 4.69) is 25.5 Å². The van der Waals surface area contributed by atoms with Gasteiger partial charge in [-0.15, -0.1) is 0 Å². The van der Waals surface area contributed by atoms with Crippen LogP contribution in [0.4, 0.5) is 4.39 Å². The zero-order valence-electron chi connectivity index (χ0n) is 17.3. The monoisotopic (exact) mass is 420 g/mol. The smallest absolute Gasteiger partial charge is 0.259 e. The van der Waals surface area contributed by atoms with Gasteiger partial charge in [0.05, 0.1) is 29.1 Å². The summed E-state index contributed by atoms with van der Waals surface area (Å²) in [7, 11) is 0. The molecule has 3 heterocycles. The van der Waals surface area contributed by atoms with E-state index in [0.717, 1.165) is 5.56 Å². The molecule has 0 unspecified atom stereocenters. The lowest BCUT2D eigenvalue weighted by molar-refractivity contribution is 0.0939. The Morgan fingerprint density at radius 2 is 1.97 bits per heavy atom. The Morgan fingerprint density at radius 1 is 1.19 bits per heavy atom. The highest BCUT2D eigenvalue weighted by molar-refractivity contribution is 5.95. The average Bonchev–Trinajstić information content (AvgIpc) is 3.41. The fourth-order valence-corrected chi connectivity index (χ4v) is 3.13. The maximum absolute atomic E-state index is 13.1. The third kappa shape index (κ3) is 4.20. The Kier molecular flexibility index (Phi) is 5.57. The first-order valence-corrected chi connectivity index (χ1v) is 9.86. The highest BCUT2D eigenvalue weighted by Crippen LogP contribution is 2.20. The van der Waals surface area contributed by atoms with E-state index < -0.39 is 0 Å². The summed E-state index contributed by atoms with van der Waals surface area (Å²) in [5.41, 5.74) is 2.59. The maximum atomic E-state index is 13.1. The van der Waals surface area contributed by atoms with Crippen LogP contribution in [0.15, 0.2) is 53.3 Å². The Hall–Kier alpha value is -3.88. The first-order valence-electron chi connectivity index (χ1n) is 9.86. The quantitative estimate of drug-likeness (QED) is 0.509. The largest absolute Gasteiger partial charge is 0.345 e. The van der Waals surface area contributed by atoms with Crippen molar-refractivity contribution in [3.8, 4) is 17.3 Å². The minimum Gasteiger partial charge on any atom is -0.345 e. The molecule has 0 saturated heterocycles. The van der Waals surface area contributed by atoms with Gasteiger partial charge in [0.2, 0.25) is 0 Å². The molecule has 1 atom stereocenters. The zero-order chi connectivity index (χ0) is 22.0. The molecular weight excluding hydrogens is 399 g/mol. The second-order valence-corrected chi connectivity index (χ2v) is 7.08. The number of halogens is 1. The van der Waals surface area contributed by atoms with Crippen molar-refractivity contribution in [2.75, 3.05) is 0 Å². The molecule has 0 aliphatic heterocycles. The Balaban J connectivity index is 1.50. The number of aromatic nitrogens is 5. The van der Waals surface area contributed by atoms with E-state index >= 15 is 0 Å². The number of hydrogen-bond acceptors (Lipinski definition) is 6. The molecule has 158 valence electrons. The van der Waals surface area contributed by atoms with Crippen LogP contribution >= 0.6 is 0 Å². The van der Waals surface area contributed by atoms with Gasteiger partial charge in [-0.25, -0.2) is 14.1 Å². The van der Waals surface area contributed by atoms with Crippen LogP contribution in [-0.4, -0.2) is 30.8 Å². The summed E-state index contributed by atoms with van der Waals surface area (Å²) in [6.45, 7) is 5.59. The number of rotatable bonds is 6. The molecule has 1 N–H and O–H groups in total. The number of carbonyl (C=O) groups is 1. The fourth-order valence-electron chi connectivity index (χ4n) is 3.13. The topological polar surface area (TPSA) is 98.7 Å². The lowest BCUT2D eigenvalue weighted by Gasteiger charge is -2.14. The lowest BCUT2D eigenvalue weighted by atomic mass is 10.1.